The Morgan fingerprint density at radius 1 is 1.10 bits per heavy atom. The Morgan fingerprint density at radius 2 is 1.75 bits per heavy atom. The zero-order chi connectivity index (χ0) is 14.7. The van der Waals surface area contributed by atoms with Crippen molar-refractivity contribution in [1.29, 1.82) is 0 Å². The summed E-state index contributed by atoms with van der Waals surface area (Å²) < 4.78 is 0. The number of nitro benzene ring substituents is 1. The fourth-order valence-electron chi connectivity index (χ4n) is 1.98. The lowest BCUT2D eigenvalue weighted by atomic mass is 10.1. The van der Waals surface area contributed by atoms with Gasteiger partial charge in [-0.05, 0) is 31.2 Å². The largest absolute Gasteiger partial charge is 0.344 e. The summed E-state index contributed by atoms with van der Waals surface area (Å²) in [5.74, 6) is -0.314. The SMILES string of the molecule is CC(=O)c1ccc(N(C)c2ccccc2)cc1[N+](=O)[O-]. The van der Waals surface area contributed by atoms with Crippen LogP contribution in [0.3, 0.4) is 0 Å². The summed E-state index contributed by atoms with van der Waals surface area (Å²) >= 11 is 0. The molecule has 102 valence electrons. The Bertz CT molecular complexity index is 653. The highest BCUT2D eigenvalue weighted by atomic mass is 16.6. The van der Waals surface area contributed by atoms with E-state index in [1.54, 1.807) is 6.07 Å². The first kappa shape index (κ1) is 13.7. The molecule has 0 aromatic heterocycles. The second-order valence-electron chi connectivity index (χ2n) is 4.41. The minimum atomic E-state index is -0.529. The van der Waals surface area contributed by atoms with Crippen LogP contribution < -0.4 is 4.90 Å². The highest BCUT2D eigenvalue weighted by Gasteiger charge is 2.19. The second-order valence-corrected chi connectivity index (χ2v) is 4.41. The van der Waals surface area contributed by atoms with E-state index in [2.05, 4.69) is 0 Å². The van der Waals surface area contributed by atoms with E-state index in [0.29, 0.717) is 5.69 Å². The number of ketones is 1. The Morgan fingerprint density at radius 3 is 2.30 bits per heavy atom. The van der Waals surface area contributed by atoms with E-state index >= 15 is 0 Å². The van der Waals surface area contributed by atoms with Gasteiger partial charge in [0.25, 0.3) is 5.69 Å². The van der Waals surface area contributed by atoms with Gasteiger partial charge < -0.3 is 4.90 Å². The quantitative estimate of drug-likeness (QED) is 0.484. The predicted molar refractivity (Wildman–Crippen MR) is 77.6 cm³/mol. The summed E-state index contributed by atoms with van der Waals surface area (Å²) in [7, 11) is 1.82. The van der Waals surface area contributed by atoms with E-state index in [0.717, 1.165) is 5.69 Å². The minimum absolute atomic E-state index is 0.125. The van der Waals surface area contributed by atoms with Crippen LogP contribution >= 0.6 is 0 Å². The molecule has 0 radical (unpaired) electrons. The van der Waals surface area contributed by atoms with Gasteiger partial charge in [-0.1, -0.05) is 18.2 Å². The highest BCUT2D eigenvalue weighted by Crippen LogP contribution is 2.29. The summed E-state index contributed by atoms with van der Waals surface area (Å²) in [6.07, 6.45) is 0. The molecule has 0 N–H and O–H groups in total. The van der Waals surface area contributed by atoms with Crippen LogP contribution in [-0.4, -0.2) is 17.8 Å². The maximum atomic E-state index is 11.4. The van der Waals surface area contributed by atoms with Gasteiger partial charge in [-0.25, -0.2) is 0 Å². The third-order valence-electron chi connectivity index (χ3n) is 3.09. The summed E-state index contributed by atoms with van der Waals surface area (Å²) in [6.45, 7) is 1.32. The van der Waals surface area contributed by atoms with Crippen molar-refractivity contribution in [2.24, 2.45) is 0 Å². The molecule has 0 saturated heterocycles. The molecule has 0 spiro atoms. The third kappa shape index (κ3) is 2.66. The van der Waals surface area contributed by atoms with Gasteiger partial charge in [-0.2, -0.15) is 0 Å². The van der Waals surface area contributed by atoms with Crippen LogP contribution in [0.4, 0.5) is 17.1 Å². The van der Waals surface area contributed by atoms with Gasteiger partial charge in [0.1, 0.15) is 0 Å². The molecule has 0 atom stereocenters. The van der Waals surface area contributed by atoms with Crippen molar-refractivity contribution in [3.8, 4) is 0 Å². The number of benzene rings is 2. The number of hydrogen-bond acceptors (Lipinski definition) is 4. The molecule has 0 fully saturated rings. The van der Waals surface area contributed by atoms with Crippen molar-refractivity contribution in [2.45, 2.75) is 6.92 Å². The number of hydrogen-bond donors (Lipinski definition) is 0. The second kappa shape index (κ2) is 5.52. The van der Waals surface area contributed by atoms with Crippen LogP contribution in [0.15, 0.2) is 48.5 Å². The molecule has 5 nitrogen and oxygen atoms in total. The molecule has 2 rings (SSSR count). The van der Waals surface area contributed by atoms with Crippen LogP contribution in [-0.2, 0) is 0 Å². The van der Waals surface area contributed by atoms with Crippen LogP contribution in [0.2, 0.25) is 0 Å². The van der Waals surface area contributed by atoms with E-state index < -0.39 is 4.92 Å². The monoisotopic (exact) mass is 270 g/mol. The summed E-state index contributed by atoms with van der Waals surface area (Å²) in [6, 6.07) is 14.1. The molecule has 2 aromatic carbocycles. The van der Waals surface area contributed by atoms with Crippen molar-refractivity contribution in [3.05, 3.63) is 64.2 Å². The number of anilines is 2. The van der Waals surface area contributed by atoms with Gasteiger partial charge in [0, 0.05) is 24.5 Å². The predicted octanol–water partition coefficient (Wildman–Crippen LogP) is 3.57. The molecule has 20 heavy (non-hydrogen) atoms. The van der Waals surface area contributed by atoms with Gasteiger partial charge in [0.05, 0.1) is 10.5 Å². The van der Waals surface area contributed by atoms with E-state index in [1.807, 2.05) is 42.3 Å². The molecule has 0 aliphatic heterocycles. The molecule has 0 unspecified atom stereocenters. The standard InChI is InChI=1S/C15H14N2O3/c1-11(18)14-9-8-13(10-15(14)17(19)20)16(2)12-6-4-3-5-7-12/h3-10H,1-2H3. The smallest absolute Gasteiger partial charge is 0.282 e. The van der Waals surface area contributed by atoms with E-state index in [-0.39, 0.29) is 17.0 Å². The van der Waals surface area contributed by atoms with Gasteiger partial charge in [-0.15, -0.1) is 0 Å². The van der Waals surface area contributed by atoms with Crippen molar-refractivity contribution in [3.63, 3.8) is 0 Å². The number of Topliss-reactive ketones (excluding diaryl/α,β-unsaturated/α-hetero) is 1. The number of nitrogens with zero attached hydrogens (tertiary/aromatic N) is 2. The van der Waals surface area contributed by atoms with E-state index in [4.69, 9.17) is 0 Å². The Balaban J connectivity index is 2.46. The highest BCUT2D eigenvalue weighted by molar-refractivity contribution is 5.98. The molecular formula is C15H14N2O3. The van der Waals surface area contributed by atoms with Gasteiger partial charge >= 0.3 is 0 Å². The molecular weight excluding hydrogens is 256 g/mol. The topological polar surface area (TPSA) is 63.5 Å². The lowest BCUT2D eigenvalue weighted by Gasteiger charge is -2.19. The first-order valence-corrected chi connectivity index (χ1v) is 6.09. The molecule has 0 amide bonds. The summed E-state index contributed by atoms with van der Waals surface area (Å²) in [5, 5.41) is 11.1. The fraction of sp³-hybridized carbons (Fsp3) is 0.133. The maximum absolute atomic E-state index is 11.4. The average Bonchev–Trinajstić information content (AvgIpc) is 2.46. The molecule has 5 heteroatoms. The normalized spacial score (nSPS) is 10.1. The lowest BCUT2D eigenvalue weighted by molar-refractivity contribution is -0.385. The van der Waals surface area contributed by atoms with Crippen LogP contribution in [0.5, 0.6) is 0 Å². The van der Waals surface area contributed by atoms with Crippen LogP contribution in [0.1, 0.15) is 17.3 Å². The lowest BCUT2D eigenvalue weighted by Crippen LogP contribution is -2.10. The maximum Gasteiger partial charge on any atom is 0.282 e. The molecule has 0 bridgehead atoms. The zero-order valence-corrected chi connectivity index (χ0v) is 11.2. The average molecular weight is 270 g/mol. The molecule has 2 aromatic rings. The van der Waals surface area contributed by atoms with Gasteiger partial charge in [-0.3, -0.25) is 14.9 Å². The van der Waals surface area contributed by atoms with Crippen molar-refractivity contribution >= 4 is 22.8 Å². The van der Waals surface area contributed by atoms with Crippen molar-refractivity contribution < 1.29 is 9.72 Å². The Kier molecular flexibility index (Phi) is 3.79. The zero-order valence-electron chi connectivity index (χ0n) is 11.2. The molecule has 0 aliphatic rings. The summed E-state index contributed by atoms with van der Waals surface area (Å²) in [4.78, 5) is 23.8. The number of carbonyl (C=O) groups is 1. The Hall–Kier alpha value is -2.69. The Labute approximate surface area is 116 Å². The van der Waals surface area contributed by atoms with Crippen LogP contribution in [0.25, 0.3) is 0 Å². The number of para-hydroxylation sites is 1. The third-order valence-corrected chi connectivity index (χ3v) is 3.09. The number of rotatable bonds is 4. The summed E-state index contributed by atoms with van der Waals surface area (Å²) in [5.41, 5.74) is 1.53. The van der Waals surface area contributed by atoms with E-state index in [1.165, 1.54) is 19.1 Å². The molecule has 0 saturated carbocycles. The molecule has 0 aliphatic carbocycles. The first-order valence-electron chi connectivity index (χ1n) is 6.09. The van der Waals surface area contributed by atoms with Gasteiger partial charge in [0.15, 0.2) is 5.78 Å². The molecule has 0 heterocycles. The minimum Gasteiger partial charge on any atom is -0.344 e. The fourth-order valence-corrected chi connectivity index (χ4v) is 1.98. The van der Waals surface area contributed by atoms with E-state index in [9.17, 15) is 14.9 Å². The van der Waals surface area contributed by atoms with Gasteiger partial charge in [0.2, 0.25) is 0 Å². The van der Waals surface area contributed by atoms with Crippen molar-refractivity contribution in [2.75, 3.05) is 11.9 Å². The number of carbonyl (C=O) groups excluding carboxylic acids is 1. The number of nitro groups is 1. The first-order chi connectivity index (χ1) is 9.50. The van der Waals surface area contributed by atoms with Crippen LogP contribution in [0, 0.1) is 10.1 Å². The van der Waals surface area contributed by atoms with Crippen molar-refractivity contribution in [1.82, 2.24) is 0 Å².